The van der Waals surface area contributed by atoms with E-state index in [1.165, 1.54) is 20.6 Å². The topological polar surface area (TPSA) is 177 Å². The van der Waals surface area contributed by atoms with Crippen LogP contribution in [-0.2, 0) is 29.4 Å². The number of ketones is 1. The summed E-state index contributed by atoms with van der Waals surface area (Å²) in [6.45, 7) is 15.2. The molecule has 4 N–H and O–H groups in total. The molecular weight excluding hydrogens is 671 g/mol. The third kappa shape index (κ3) is 9.03. The second-order valence-electron chi connectivity index (χ2n) is 16.1. The van der Waals surface area contributed by atoms with E-state index < -0.39 is 99.2 Å². The lowest BCUT2D eigenvalue weighted by molar-refractivity contribution is -0.148. The highest BCUT2D eigenvalue weighted by atomic mass is 32.2. The number of nitrogens with one attached hydrogen (secondary N) is 4. The fourth-order valence-electron chi connectivity index (χ4n) is 6.68. The molecule has 18 heteroatoms. The van der Waals surface area contributed by atoms with Crippen molar-refractivity contribution in [3.05, 3.63) is 0 Å². The number of piperidine rings is 1. The van der Waals surface area contributed by atoms with Crippen molar-refractivity contribution in [3.8, 4) is 0 Å². The molecule has 0 bridgehead atoms. The molecule has 5 amide bonds. The first-order valence-electron chi connectivity index (χ1n) is 16.4. The molecule has 0 aromatic rings. The largest absolute Gasteiger partial charge is 0.389 e. The number of carbonyl (C=O) groups is 5. The van der Waals surface area contributed by atoms with E-state index in [-0.39, 0.29) is 31.5 Å². The van der Waals surface area contributed by atoms with Gasteiger partial charge in [-0.25, -0.2) is 4.79 Å². The lowest BCUT2D eigenvalue weighted by Crippen LogP contribution is -2.62. The number of nitrogens with zero attached hydrogens (tertiary/aromatic N) is 3. The molecule has 280 valence electrons. The number of amides is 5. The number of urea groups is 1. The van der Waals surface area contributed by atoms with E-state index in [1.807, 2.05) is 34.6 Å². The van der Waals surface area contributed by atoms with Crippen molar-refractivity contribution in [1.29, 1.82) is 0 Å². The van der Waals surface area contributed by atoms with Gasteiger partial charge in [0.2, 0.25) is 17.6 Å². The quantitative estimate of drug-likeness (QED) is 0.232. The van der Waals surface area contributed by atoms with E-state index in [9.17, 15) is 45.6 Å². The van der Waals surface area contributed by atoms with Gasteiger partial charge in [0.25, 0.3) is 16.1 Å². The van der Waals surface area contributed by atoms with E-state index in [2.05, 4.69) is 21.3 Å². The summed E-state index contributed by atoms with van der Waals surface area (Å²) in [5.74, 6) is -4.38. The number of hydrogen-bond acceptors (Lipinski definition) is 7. The second-order valence-corrected chi connectivity index (χ2v) is 18.1. The zero-order valence-corrected chi connectivity index (χ0v) is 30.8. The van der Waals surface area contributed by atoms with Crippen molar-refractivity contribution in [2.24, 2.45) is 28.1 Å². The fourth-order valence-corrected chi connectivity index (χ4v) is 8.04. The first-order valence-corrected chi connectivity index (χ1v) is 17.8. The smallest absolute Gasteiger partial charge is 0.353 e. The second kappa shape index (κ2) is 14.0. The summed E-state index contributed by atoms with van der Waals surface area (Å²) in [4.78, 5) is 67.6. The number of hydrogen-bond donors (Lipinski definition) is 4. The number of fused-ring (bicyclic) bond motifs is 1. The van der Waals surface area contributed by atoms with Gasteiger partial charge in [-0.3, -0.25) is 19.2 Å². The predicted molar refractivity (Wildman–Crippen MR) is 174 cm³/mol. The molecule has 1 unspecified atom stereocenters. The Balaban J connectivity index is 1.85. The minimum Gasteiger partial charge on any atom is -0.353 e. The van der Waals surface area contributed by atoms with E-state index in [4.69, 9.17) is 0 Å². The van der Waals surface area contributed by atoms with Crippen LogP contribution in [0.5, 0.6) is 0 Å². The van der Waals surface area contributed by atoms with Crippen molar-refractivity contribution >= 4 is 39.7 Å². The van der Waals surface area contributed by atoms with Crippen LogP contribution in [0, 0.1) is 28.1 Å². The lowest BCUT2D eigenvalue weighted by Gasteiger charge is -2.39. The highest BCUT2D eigenvalue weighted by molar-refractivity contribution is 7.87. The molecule has 1 saturated carbocycles. The van der Waals surface area contributed by atoms with E-state index in [1.54, 1.807) is 20.8 Å². The number of carbonyl (C=O) groups excluding carboxylic acids is 5. The summed E-state index contributed by atoms with van der Waals surface area (Å²) in [7, 11) is -1.07. The van der Waals surface area contributed by atoms with Gasteiger partial charge >= 0.3 is 12.2 Å². The Labute approximate surface area is 286 Å². The molecule has 0 aromatic carbocycles. The summed E-state index contributed by atoms with van der Waals surface area (Å²) in [5.41, 5.74) is -1.87. The van der Waals surface area contributed by atoms with Gasteiger partial charge in [0, 0.05) is 52.7 Å². The zero-order valence-electron chi connectivity index (χ0n) is 29.9. The minimum absolute atomic E-state index is 0.00514. The highest BCUT2D eigenvalue weighted by Gasteiger charge is 2.70. The minimum atomic E-state index is -4.65. The molecule has 2 aliphatic heterocycles. The van der Waals surface area contributed by atoms with E-state index >= 15 is 0 Å². The van der Waals surface area contributed by atoms with E-state index in [0.717, 1.165) is 7.05 Å². The Morgan fingerprint density at radius 3 is 1.98 bits per heavy atom. The average Bonchev–Trinajstić information content (AvgIpc) is 3.22. The Kier molecular flexibility index (Phi) is 11.5. The number of halogens is 3. The summed E-state index contributed by atoms with van der Waals surface area (Å²) in [5, 5.41) is 9.98. The number of alkyl halides is 3. The van der Waals surface area contributed by atoms with Gasteiger partial charge in [-0.1, -0.05) is 55.4 Å². The molecule has 0 spiro atoms. The number of likely N-dealkylation sites (tertiary alicyclic amines) is 1. The molecule has 3 rings (SSSR count). The Hall–Kier alpha value is -2.99. The molecule has 0 aromatic heterocycles. The molecule has 49 heavy (non-hydrogen) atoms. The predicted octanol–water partition coefficient (Wildman–Crippen LogP) is 1.23. The van der Waals surface area contributed by atoms with Gasteiger partial charge in [-0.2, -0.15) is 30.2 Å². The molecule has 2 heterocycles. The molecule has 14 nitrogen and oxygen atoms in total. The average molecular weight is 724 g/mol. The fraction of sp³-hybridized carbons (Fsp3) is 0.839. The van der Waals surface area contributed by atoms with Crippen LogP contribution < -0.4 is 21.3 Å². The Morgan fingerprint density at radius 1 is 0.918 bits per heavy atom. The van der Waals surface area contributed by atoms with Gasteiger partial charge in [0.15, 0.2) is 0 Å². The van der Waals surface area contributed by atoms with Crippen molar-refractivity contribution in [1.82, 2.24) is 34.8 Å². The van der Waals surface area contributed by atoms with Crippen molar-refractivity contribution in [3.63, 3.8) is 0 Å². The third-order valence-electron chi connectivity index (χ3n) is 10.1. The van der Waals surface area contributed by atoms with Crippen LogP contribution in [-0.4, -0.2) is 122 Å². The maximum Gasteiger partial charge on any atom is 0.389 e. The standard InChI is InChI=1S/C31H52F3N7O7S/c1-28(2,3)19(16-40-14-13-39(10)49(40,47)48)37-27(46)38-23(29(4,5)6)26(45)41-15-17-20(30(17,7)8)21(41)24(43)36-18(11-12-31(32,33)34)22(42)25(44)35-9/h17-21,23H,11-16H2,1-10H3,(H,35,44)(H,36,43)(H2,37,38,46)/t17-,18?,19+,20-,21-,23+/m0/s1. The molecule has 3 fully saturated rings. The molecule has 3 aliphatic rings. The van der Waals surface area contributed by atoms with Gasteiger partial charge in [0.05, 0.1) is 6.04 Å². The van der Waals surface area contributed by atoms with Crippen LogP contribution >= 0.6 is 0 Å². The van der Waals surface area contributed by atoms with Gasteiger partial charge in [0.1, 0.15) is 12.1 Å². The molecule has 0 radical (unpaired) electrons. The third-order valence-corrected chi connectivity index (χ3v) is 12.0. The Morgan fingerprint density at radius 2 is 1.51 bits per heavy atom. The van der Waals surface area contributed by atoms with Gasteiger partial charge in [-0.15, -0.1) is 0 Å². The van der Waals surface area contributed by atoms with Crippen LogP contribution in [0.3, 0.4) is 0 Å². The Bertz CT molecular complexity index is 1430. The monoisotopic (exact) mass is 723 g/mol. The molecule has 6 atom stereocenters. The zero-order chi connectivity index (χ0) is 37.7. The summed E-state index contributed by atoms with van der Waals surface area (Å²) in [6.07, 6.45) is -6.94. The van der Waals surface area contributed by atoms with Crippen LogP contribution in [0.4, 0.5) is 18.0 Å². The molecule has 2 saturated heterocycles. The van der Waals surface area contributed by atoms with Gasteiger partial charge < -0.3 is 26.2 Å². The van der Waals surface area contributed by atoms with Crippen LogP contribution in [0.15, 0.2) is 0 Å². The van der Waals surface area contributed by atoms with Crippen molar-refractivity contribution in [2.75, 3.05) is 40.3 Å². The highest BCUT2D eigenvalue weighted by Crippen LogP contribution is 2.65. The summed E-state index contributed by atoms with van der Waals surface area (Å²) in [6, 6.07) is -5.52. The first-order chi connectivity index (χ1) is 22.1. The van der Waals surface area contributed by atoms with E-state index in [0.29, 0.717) is 6.54 Å². The van der Waals surface area contributed by atoms with Crippen LogP contribution in [0.25, 0.3) is 0 Å². The van der Waals surface area contributed by atoms with Gasteiger partial charge in [-0.05, 0) is 34.5 Å². The number of Topliss-reactive ketones (excluding diaryl/α,β-unsaturated/α-hetero) is 1. The molecular formula is C31H52F3N7O7S. The normalized spacial score (nSPS) is 25.5. The van der Waals surface area contributed by atoms with Crippen molar-refractivity contribution < 1.29 is 45.6 Å². The number of rotatable bonds is 11. The van der Waals surface area contributed by atoms with Crippen LogP contribution in [0.1, 0.15) is 68.2 Å². The summed E-state index contributed by atoms with van der Waals surface area (Å²) >= 11 is 0. The maximum absolute atomic E-state index is 14.3. The molecule has 1 aliphatic carbocycles. The lowest BCUT2D eigenvalue weighted by atomic mass is 9.85. The van der Waals surface area contributed by atoms with Crippen LogP contribution in [0.2, 0.25) is 0 Å². The SMILES string of the molecule is CNC(=O)C(=O)C(CCC(F)(F)F)NC(=O)[C@@H]1[C@@H]2[C@H](CN1C(=O)[C@@H](NC(=O)N[C@H](CN1CCN(C)S1(=O)=O)C(C)(C)C)C(C)(C)C)C2(C)C. The summed E-state index contributed by atoms with van der Waals surface area (Å²) < 4.78 is 67.2. The van der Waals surface area contributed by atoms with Crippen molar-refractivity contribution in [2.45, 2.75) is 98.6 Å². The number of likely N-dealkylation sites (N-methyl/N-ethyl adjacent to an activating group) is 2. The first kappa shape index (κ1) is 40.4. The maximum atomic E-state index is 14.3.